The van der Waals surface area contributed by atoms with Gasteiger partial charge in [0.05, 0.1) is 5.56 Å². The summed E-state index contributed by atoms with van der Waals surface area (Å²) in [6.45, 7) is 1.69. The smallest absolute Gasteiger partial charge is 0.339 e. The molecule has 0 spiro atoms. The van der Waals surface area contributed by atoms with Crippen LogP contribution in [-0.2, 0) is 16.0 Å². The summed E-state index contributed by atoms with van der Waals surface area (Å²) in [6, 6.07) is 13.9. The second kappa shape index (κ2) is 7.64. The van der Waals surface area contributed by atoms with E-state index >= 15 is 0 Å². The number of benzene rings is 2. The summed E-state index contributed by atoms with van der Waals surface area (Å²) in [5.41, 5.74) is 1.92. The highest BCUT2D eigenvalue weighted by molar-refractivity contribution is 6.30. The molecule has 28 heavy (non-hydrogen) atoms. The second-order valence-electron chi connectivity index (χ2n) is 6.88. The number of rotatable bonds is 2. The van der Waals surface area contributed by atoms with E-state index in [2.05, 4.69) is 0 Å². The van der Waals surface area contributed by atoms with Crippen LogP contribution in [0.15, 0.2) is 48.5 Å². The van der Waals surface area contributed by atoms with Crippen LogP contribution < -0.4 is 0 Å². The van der Waals surface area contributed by atoms with Crippen LogP contribution in [0.2, 0.25) is 5.02 Å². The Kier molecular flexibility index (Phi) is 5.05. The van der Waals surface area contributed by atoms with Gasteiger partial charge in [-0.2, -0.15) is 0 Å². The number of ether oxygens (including phenoxy) is 1. The molecule has 0 aromatic heterocycles. The Labute approximate surface area is 167 Å². The van der Waals surface area contributed by atoms with Crippen molar-refractivity contribution in [1.82, 2.24) is 9.80 Å². The largest absolute Gasteiger partial charge is 0.448 e. The lowest BCUT2D eigenvalue weighted by Crippen LogP contribution is -2.54. The van der Waals surface area contributed by atoms with Gasteiger partial charge in [-0.1, -0.05) is 29.8 Å². The summed E-state index contributed by atoms with van der Waals surface area (Å²) in [5.74, 6) is -0.750. The molecule has 0 radical (unpaired) electrons. The summed E-state index contributed by atoms with van der Waals surface area (Å²) in [6.07, 6.45) is -0.425. The standard InChI is InChI=1S/C21H19ClN2O4/c22-16-7-5-14(6-8-16)19(25)23-9-11-24(12-10-23)20(26)18-13-15-3-1-2-4-17(15)21(27)28-18/h1-8,18H,9-13H2. The van der Waals surface area contributed by atoms with E-state index in [0.29, 0.717) is 48.7 Å². The van der Waals surface area contributed by atoms with E-state index in [-0.39, 0.29) is 11.8 Å². The SMILES string of the molecule is O=C1OC(C(=O)N2CCN(C(=O)c3ccc(Cl)cc3)CC2)Cc2ccccc21. The Bertz CT molecular complexity index is 920. The fourth-order valence-corrected chi connectivity index (χ4v) is 3.70. The molecule has 1 saturated heterocycles. The molecule has 2 amide bonds. The molecule has 2 aromatic carbocycles. The van der Waals surface area contributed by atoms with Crippen molar-refractivity contribution in [3.05, 3.63) is 70.2 Å². The Hall–Kier alpha value is -2.86. The van der Waals surface area contributed by atoms with Crippen molar-refractivity contribution in [3.8, 4) is 0 Å². The average Bonchev–Trinajstić information content (AvgIpc) is 2.73. The highest BCUT2D eigenvalue weighted by atomic mass is 35.5. The van der Waals surface area contributed by atoms with Crippen molar-refractivity contribution in [2.45, 2.75) is 12.5 Å². The molecule has 4 rings (SSSR count). The fourth-order valence-electron chi connectivity index (χ4n) is 3.58. The topological polar surface area (TPSA) is 66.9 Å². The molecule has 1 fully saturated rings. The number of halogens is 1. The molecule has 6 nitrogen and oxygen atoms in total. The molecule has 0 aliphatic carbocycles. The monoisotopic (exact) mass is 398 g/mol. The van der Waals surface area contributed by atoms with Crippen molar-refractivity contribution < 1.29 is 19.1 Å². The van der Waals surface area contributed by atoms with Gasteiger partial charge in [-0.05, 0) is 35.9 Å². The van der Waals surface area contributed by atoms with E-state index in [9.17, 15) is 14.4 Å². The first-order valence-electron chi connectivity index (χ1n) is 9.15. The number of cyclic esters (lactones) is 1. The van der Waals surface area contributed by atoms with Crippen molar-refractivity contribution >= 4 is 29.4 Å². The van der Waals surface area contributed by atoms with E-state index in [4.69, 9.17) is 16.3 Å². The van der Waals surface area contributed by atoms with Crippen LogP contribution in [0.4, 0.5) is 0 Å². The minimum absolute atomic E-state index is 0.0817. The number of hydrogen-bond donors (Lipinski definition) is 0. The van der Waals surface area contributed by atoms with Gasteiger partial charge < -0.3 is 14.5 Å². The maximum Gasteiger partial charge on any atom is 0.339 e. The van der Waals surface area contributed by atoms with Gasteiger partial charge in [0, 0.05) is 43.2 Å². The first-order chi connectivity index (χ1) is 13.5. The normalized spacial score (nSPS) is 19.0. The van der Waals surface area contributed by atoms with Gasteiger partial charge in [-0.15, -0.1) is 0 Å². The van der Waals surface area contributed by atoms with Gasteiger partial charge in [0.25, 0.3) is 11.8 Å². The van der Waals surface area contributed by atoms with Crippen molar-refractivity contribution in [2.24, 2.45) is 0 Å². The molecule has 1 atom stereocenters. The lowest BCUT2D eigenvalue weighted by Gasteiger charge is -2.37. The molecule has 2 heterocycles. The third kappa shape index (κ3) is 3.60. The van der Waals surface area contributed by atoms with Gasteiger partial charge in [0.2, 0.25) is 0 Å². The molecule has 2 aromatic rings. The Morgan fingerprint density at radius 3 is 2.29 bits per heavy atom. The number of amides is 2. The number of esters is 1. The van der Waals surface area contributed by atoms with E-state index < -0.39 is 12.1 Å². The van der Waals surface area contributed by atoms with Crippen molar-refractivity contribution in [1.29, 1.82) is 0 Å². The molecule has 144 valence electrons. The van der Waals surface area contributed by atoms with Crippen LogP contribution in [0, 0.1) is 0 Å². The third-order valence-corrected chi connectivity index (χ3v) is 5.39. The molecule has 7 heteroatoms. The van der Waals surface area contributed by atoms with Crippen LogP contribution in [0.3, 0.4) is 0 Å². The zero-order valence-corrected chi connectivity index (χ0v) is 15.9. The predicted octanol–water partition coefficient (Wildman–Crippen LogP) is 2.41. The molecule has 2 aliphatic heterocycles. The first-order valence-corrected chi connectivity index (χ1v) is 9.53. The number of carbonyl (C=O) groups excluding carboxylic acids is 3. The maximum atomic E-state index is 12.8. The molecule has 0 bridgehead atoms. The van der Waals surface area contributed by atoms with E-state index in [1.807, 2.05) is 12.1 Å². The Balaban J connectivity index is 1.37. The van der Waals surface area contributed by atoms with Crippen LogP contribution in [0.1, 0.15) is 26.3 Å². The molecule has 1 unspecified atom stereocenters. The Morgan fingerprint density at radius 1 is 0.929 bits per heavy atom. The van der Waals surface area contributed by atoms with Gasteiger partial charge in [0.15, 0.2) is 6.10 Å². The number of fused-ring (bicyclic) bond motifs is 1. The van der Waals surface area contributed by atoms with Crippen molar-refractivity contribution in [3.63, 3.8) is 0 Å². The van der Waals surface area contributed by atoms with Crippen LogP contribution in [0.5, 0.6) is 0 Å². The maximum absolute atomic E-state index is 12.8. The van der Waals surface area contributed by atoms with Crippen LogP contribution >= 0.6 is 11.6 Å². The number of carbonyl (C=O) groups is 3. The zero-order valence-electron chi connectivity index (χ0n) is 15.1. The van der Waals surface area contributed by atoms with Gasteiger partial charge in [0.1, 0.15) is 0 Å². The quantitative estimate of drug-likeness (QED) is 0.728. The summed E-state index contributed by atoms with van der Waals surface area (Å²) in [4.78, 5) is 40.9. The highest BCUT2D eigenvalue weighted by Gasteiger charge is 2.35. The first kappa shape index (κ1) is 18.5. The van der Waals surface area contributed by atoms with Crippen LogP contribution in [-0.4, -0.2) is 59.9 Å². The van der Waals surface area contributed by atoms with E-state index in [1.54, 1.807) is 46.2 Å². The van der Waals surface area contributed by atoms with Gasteiger partial charge in [-0.3, -0.25) is 9.59 Å². The molecular weight excluding hydrogens is 380 g/mol. The Morgan fingerprint density at radius 2 is 1.57 bits per heavy atom. The highest BCUT2D eigenvalue weighted by Crippen LogP contribution is 2.22. The molecular formula is C21H19ClN2O4. The minimum Gasteiger partial charge on any atom is -0.448 e. The zero-order chi connectivity index (χ0) is 19.7. The summed E-state index contributed by atoms with van der Waals surface area (Å²) in [7, 11) is 0. The van der Waals surface area contributed by atoms with Gasteiger partial charge in [-0.25, -0.2) is 4.79 Å². The number of nitrogens with zero attached hydrogens (tertiary/aromatic N) is 2. The number of piperazine rings is 1. The third-order valence-electron chi connectivity index (χ3n) is 5.14. The minimum atomic E-state index is -0.805. The number of hydrogen-bond acceptors (Lipinski definition) is 4. The average molecular weight is 399 g/mol. The molecule has 2 aliphatic rings. The predicted molar refractivity (Wildman–Crippen MR) is 103 cm³/mol. The van der Waals surface area contributed by atoms with Gasteiger partial charge >= 0.3 is 5.97 Å². The van der Waals surface area contributed by atoms with Crippen molar-refractivity contribution in [2.75, 3.05) is 26.2 Å². The summed E-state index contributed by atoms with van der Waals surface area (Å²) >= 11 is 5.87. The molecule has 0 saturated carbocycles. The van der Waals surface area contributed by atoms with E-state index in [1.165, 1.54) is 0 Å². The van der Waals surface area contributed by atoms with Crippen LogP contribution in [0.25, 0.3) is 0 Å². The fraction of sp³-hybridized carbons (Fsp3) is 0.286. The lowest BCUT2D eigenvalue weighted by atomic mass is 9.98. The summed E-state index contributed by atoms with van der Waals surface area (Å²) < 4.78 is 5.36. The van der Waals surface area contributed by atoms with E-state index in [0.717, 1.165) is 5.56 Å². The lowest BCUT2D eigenvalue weighted by molar-refractivity contribution is -0.142. The summed E-state index contributed by atoms with van der Waals surface area (Å²) in [5, 5.41) is 0.579. The second-order valence-corrected chi connectivity index (χ2v) is 7.32. The molecule has 0 N–H and O–H groups in total.